The van der Waals surface area contributed by atoms with Crippen molar-refractivity contribution >= 4 is 21.4 Å². The van der Waals surface area contributed by atoms with Crippen molar-refractivity contribution in [2.24, 2.45) is 0 Å². The predicted molar refractivity (Wildman–Crippen MR) is 89.8 cm³/mol. The van der Waals surface area contributed by atoms with Gasteiger partial charge in [-0.05, 0) is 39.1 Å². The maximum atomic E-state index is 13.2. The number of thiophene rings is 1. The first-order chi connectivity index (χ1) is 10.7. The summed E-state index contributed by atoms with van der Waals surface area (Å²) in [6.45, 7) is 8.16. The molecule has 2 aromatic heterocycles. The summed E-state index contributed by atoms with van der Waals surface area (Å²) < 4.78 is 34.9. The van der Waals surface area contributed by atoms with Crippen LogP contribution in [0.5, 0.6) is 0 Å². The average molecular weight is 355 g/mol. The first-order valence-corrected chi connectivity index (χ1v) is 9.79. The van der Waals surface area contributed by atoms with E-state index >= 15 is 0 Å². The smallest absolute Gasteiger partial charge is 0.249 e. The second-order valence-electron chi connectivity index (χ2n) is 6.54. The Balaban J connectivity index is 2.15. The number of ether oxygens (including phenoxy) is 1. The predicted octanol–water partition coefficient (Wildman–Crippen LogP) is 2.95. The number of aromatic nitrogens is 2. The summed E-state index contributed by atoms with van der Waals surface area (Å²) in [6.07, 6.45) is 1.63. The van der Waals surface area contributed by atoms with Crippen molar-refractivity contribution in [1.29, 1.82) is 0 Å². The van der Waals surface area contributed by atoms with Crippen LogP contribution in [0.1, 0.15) is 33.7 Å². The third-order valence-electron chi connectivity index (χ3n) is 3.89. The Morgan fingerprint density at radius 1 is 1.39 bits per heavy atom. The summed E-state index contributed by atoms with van der Waals surface area (Å²) in [5, 5.41) is 6.44. The van der Waals surface area contributed by atoms with Crippen molar-refractivity contribution in [3.8, 4) is 10.6 Å². The van der Waals surface area contributed by atoms with E-state index in [1.54, 1.807) is 10.9 Å². The highest BCUT2D eigenvalue weighted by molar-refractivity contribution is 7.89. The van der Waals surface area contributed by atoms with Gasteiger partial charge < -0.3 is 4.74 Å². The summed E-state index contributed by atoms with van der Waals surface area (Å²) in [4.78, 5) is 1.09. The Morgan fingerprint density at radius 3 is 2.65 bits per heavy atom. The summed E-state index contributed by atoms with van der Waals surface area (Å²) in [7, 11) is -3.68. The van der Waals surface area contributed by atoms with Gasteiger partial charge in [-0.15, -0.1) is 11.3 Å². The van der Waals surface area contributed by atoms with Crippen LogP contribution in [0.15, 0.2) is 28.6 Å². The lowest BCUT2D eigenvalue weighted by molar-refractivity contribution is 0.171. The highest BCUT2D eigenvalue weighted by atomic mass is 32.2. The molecule has 1 aliphatic rings. The zero-order valence-electron chi connectivity index (χ0n) is 13.7. The second kappa shape index (κ2) is 5.70. The molecule has 0 N–H and O–H groups in total. The normalized spacial score (nSPS) is 18.8. The molecule has 23 heavy (non-hydrogen) atoms. The Bertz CT molecular complexity index is 792. The topological polar surface area (TPSA) is 64.4 Å². The van der Waals surface area contributed by atoms with E-state index in [0.717, 1.165) is 4.88 Å². The van der Waals surface area contributed by atoms with Crippen LogP contribution in [0, 0.1) is 0 Å². The van der Waals surface area contributed by atoms with Gasteiger partial charge in [0, 0.05) is 12.2 Å². The van der Waals surface area contributed by atoms with Gasteiger partial charge in [-0.2, -0.15) is 9.40 Å². The quantitative estimate of drug-likeness (QED) is 0.846. The van der Waals surface area contributed by atoms with Gasteiger partial charge in [-0.1, -0.05) is 6.07 Å². The first kappa shape index (κ1) is 16.6. The third kappa shape index (κ3) is 2.84. The van der Waals surface area contributed by atoms with Crippen molar-refractivity contribution in [3.63, 3.8) is 0 Å². The lowest BCUT2D eigenvalue weighted by Crippen LogP contribution is -2.44. The highest BCUT2D eigenvalue weighted by Gasteiger charge is 2.43. The minimum Gasteiger partial charge on any atom is -0.363 e. The summed E-state index contributed by atoms with van der Waals surface area (Å²) in [5.74, 6) is 0. The minimum atomic E-state index is -3.68. The van der Waals surface area contributed by atoms with Crippen LogP contribution in [-0.4, -0.2) is 41.4 Å². The van der Waals surface area contributed by atoms with E-state index in [-0.39, 0.29) is 17.7 Å². The monoisotopic (exact) mass is 355 g/mol. The molecule has 0 aromatic carbocycles. The van der Waals surface area contributed by atoms with E-state index in [4.69, 9.17) is 4.74 Å². The Labute approximate surface area is 140 Å². The Kier molecular flexibility index (Phi) is 4.12. The summed E-state index contributed by atoms with van der Waals surface area (Å²) in [6, 6.07) is 3.87. The van der Waals surface area contributed by atoms with Crippen molar-refractivity contribution < 1.29 is 13.2 Å². The molecule has 2 aromatic rings. The first-order valence-electron chi connectivity index (χ1n) is 7.47. The van der Waals surface area contributed by atoms with Gasteiger partial charge in [0.2, 0.25) is 10.0 Å². The van der Waals surface area contributed by atoms with Crippen LogP contribution in [-0.2, 0) is 14.8 Å². The van der Waals surface area contributed by atoms with Crippen LogP contribution >= 0.6 is 11.3 Å². The van der Waals surface area contributed by atoms with Crippen molar-refractivity contribution in [2.75, 3.05) is 13.3 Å². The third-order valence-corrected chi connectivity index (χ3v) is 6.80. The lowest BCUT2D eigenvalue weighted by Gasteiger charge is -2.27. The SMILES string of the molecule is CC(C)n1cc(S(=O)(=O)N2COCC2(C)C)c(-c2cccs2)n1. The van der Waals surface area contributed by atoms with Crippen LogP contribution in [0.4, 0.5) is 0 Å². The molecule has 1 fully saturated rings. The largest absolute Gasteiger partial charge is 0.363 e. The van der Waals surface area contributed by atoms with E-state index < -0.39 is 15.6 Å². The zero-order valence-corrected chi connectivity index (χ0v) is 15.3. The minimum absolute atomic E-state index is 0.0755. The molecule has 6 nitrogen and oxygen atoms in total. The fourth-order valence-electron chi connectivity index (χ4n) is 2.55. The van der Waals surface area contributed by atoms with E-state index in [1.807, 2.05) is 45.2 Å². The van der Waals surface area contributed by atoms with Gasteiger partial charge in [-0.25, -0.2) is 8.42 Å². The van der Waals surface area contributed by atoms with Crippen LogP contribution in [0.2, 0.25) is 0 Å². The molecule has 0 radical (unpaired) electrons. The molecule has 0 spiro atoms. The molecule has 0 atom stereocenters. The molecule has 0 aliphatic carbocycles. The Hall–Kier alpha value is -1.22. The van der Waals surface area contributed by atoms with Gasteiger partial charge in [0.25, 0.3) is 0 Å². The maximum absolute atomic E-state index is 13.2. The molecule has 0 saturated carbocycles. The number of rotatable bonds is 4. The molecule has 1 saturated heterocycles. The van der Waals surface area contributed by atoms with Crippen LogP contribution < -0.4 is 0 Å². The molecular formula is C15H21N3O3S2. The van der Waals surface area contributed by atoms with Gasteiger partial charge in [-0.3, -0.25) is 4.68 Å². The van der Waals surface area contributed by atoms with Gasteiger partial charge in [0.1, 0.15) is 17.3 Å². The highest BCUT2D eigenvalue weighted by Crippen LogP contribution is 2.36. The molecule has 0 unspecified atom stereocenters. The molecule has 0 amide bonds. The van der Waals surface area contributed by atoms with Crippen molar-refractivity contribution in [2.45, 2.75) is 44.2 Å². The average Bonchev–Trinajstić information content (AvgIpc) is 3.15. The lowest BCUT2D eigenvalue weighted by atomic mass is 10.1. The number of nitrogens with zero attached hydrogens (tertiary/aromatic N) is 3. The van der Waals surface area contributed by atoms with Crippen molar-refractivity contribution in [3.05, 3.63) is 23.7 Å². The van der Waals surface area contributed by atoms with Crippen LogP contribution in [0.3, 0.4) is 0 Å². The second-order valence-corrected chi connectivity index (χ2v) is 9.32. The molecule has 8 heteroatoms. The molecule has 0 bridgehead atoms. The molecule has 126 valence electrons. The Morgan fingerprint density at radius 2 is 2.13 bits per heavy atom. The van der Waals surface area contributed by atoms with Gasteiger partial charge >= 0.3 is 0 Å². The standard InChI is InChI=1S/C15H21N3O3S2/c1-11(2)17-8-13(14(16-17)12-6-5-7-22-12)23(19,20)18-10-21-9-15(18,3)4/h5-8,11H,9-10H2,1-4H3. The van der Waals surface area contributed by atoms with E-state index in [2.05, 4.69) is 5.10 Å². The summed E-state index contributed by atoms with van der Waals surface area (Å²) >= 11 is 1.48. The molecular weight excluding hydrogens is 334 g/mol. The maximum Gasteiger partial charge on any atom is 0.249 e. The number of hydrogen-bond acceptors (Lipinski definition) is 5. The fourth-order valence-corrected chi connectivity index (χ4v) is 5.13. The van der Waals surface area contributed by atoms with Gasteiger partial charge in [0.15, 0.2) is 0 Å². The molecule has 3 rings (SSSR count). The van der Waals surface area contributed by atoms with E-state index in [9.17, 15) is 8.42 Å². The molecule has 1 aliphatic heterocycles. The number of hydrogen-bond donors (Lipinski definition) is 0. The van der Waals surface area contributed by atoms with Crippen molar-refractivity contribution in [1.82, 2.24) is 14.1 Å². The molecule has 3 heterocycles. The fraction of sp³-hybridized carbons (Fsp3) is 0.533. The van der Waals surface area contributed by atoms with Gasteiger partial charge in [0.05, 0.1) is 17.0 Å². The van der Waals surface area contributed by atoms with E-state index in [0.29, 0.717) is 12.3 Å². The summed E-state index contributed by atoms with van der Waals surface area (Å²) in [5.41, 5.74) is -0.0534. The zero-order chi connectivity index (χ0) is 16.8. The number of sulfonamides is 1. The van der Waals surface area contributed by atoms with E-state index in [1.165, 1.54) is 15.6 Å². The van der Waals surface area contributed by atoms with Crippen LogP contribution in [0.25, 0.3) is 10.6 Å².